The van der Waals surface area contributed by atoms with Crippen molar-refractivity contribution < 1.29 is 9.53 Å². The van der Waals surface area contributed by atoms with E-state index in [2.05, 4.69) is 21.0 Å². The lowest BCUT2D eigenvalue weighted by Gasteiger charge is -2.36. The fourth-order valence-electron chi connectivity index (χ4n) is 3.57. The first-order chi connectivity index (χ1) is 11.7. The molecule has 1 atom stereocenters. The highest BCUT2D eigenvalue weighted by atomic mass is 16.5. The molecule has 1 unspecified atom stereocenters. The van der Waals surface area contributed by atoms with E-state index < -0.39 is 0 Å². The third kappa shape index (κ3) is 3.86. The molecule has 1 saturated heterocycles. The first-order valence-corrected chi connectivity index (χ1v) is 8.51. The molecule has 2 heterocycles. The summed E-state index contributed by atoms with van der Waals surface area (Å²) >= 11 is 0. The predicted octanol–water partition coefficient (Wildman–Crippen LogP) is 3.23. The Hall–Kier alpha value is -2.11. The van der Waals surface area contributed by atoms with Crippen LogP contribution in [0.4, 0.5) is 0 Å². The maximum atomic E-state index is 11.7. The summed E-state index contributed by atoms with van der Waals surface area (Å²) in [7, 11) is 1.46. The number of methoxy groups -OCH3 is 1. The van der Waals surface area contributed by atoms with Crippen LogP contribution in [0.25, 0.3) is 10.4 Å². The van der Waals surface area contributed by atoms with Crippen molar-refractivity contribution >= 4 is 5.97 Å². The second-order valence-corrected chi connectivity index (χ2v) is 6.56. The van der Waals surface area contributed by atoms with Gasteiger partial charge in [-0.25, -0.2) is 0 Å². The van der Waals surface area contributed by atoms with Gasteiger partial charge in [-0.3, -0.25) is 14.7 Å². The molecule has 128 valence electrons. The van der Waals surface area contributed by atoms with E-state index in [9.17, 15) is 4.79 Å². The van der Waals surface area contributed by atoms with Gasteiger partial charge in [-0.2, -0.15) is 0 Å². The Labute approximate surface area is 141 Å². The molecule has 24 heavy (non-hydrogen) atoms. The van der Waals surface area contributed by atoms with Gasteiger partial charge < -0.3 is 4.74 Å². The summed E-state index contributed by atoms with van der Waals surface area (Å²) in [6, 6.07) is 6.25. The Kier molecular flexibility index (Phi) is 5.33. The minimum Gasteiger partial charge on any atom is -0.469 e. The van der Waals surface area contributed by atoms with Gasteiger partial charge in [0.2, 0.25) is 0 Å². The zero-order valence-corrected chi connectivity index (χ0v) is 14.0. The van der Waals surface area contributed by atoms with Crippen molar-refractivity contribution in [3.8, 4) is 0 Å². The molecule has 0 aromatic carbocycles. The van der Waals surface area contributed by atoms with Gasteiger partial charge in [0.25, 0.3) is 0 Å². The lowest BCUT2D eigenvalue weighted by atomic mass is 9.94. The number of pyridine rings is 1. The molecule has 3 rings (SSSR count). The number of ether oxygens (including phenoxy) is 1. The molecule has 0 N–H and O–H groups in total. The Bertz CT molecular complexity index is 632. The van der Waals surface area contributed by atoms with Crippen molar-refractivity contribution in [2.24, 2.45) is 17.0 Å². The van der Waals surface area contributed by atoms with Gasteiger partial charge in [0.1, 0.15) is 0 Å². The van der Waals surface area contributed by atoms with E-state index in [-0.39, 0.29) is 18.4 Å². The monoisotopic (exact) mass is 329 g/mol. The molecule has 0 amide bonds. The van der Waals surface area contributed by atoms with Crippen LogP contribution in [-0.2, 0) is 16.1 Å². The molecule has 2 aliphatic rings. The van der Waals surface area contributed by atoms with Gasteiger partial charge in [-0.1, -0.05) is 11.2 Å². The number of aromatic nitrogens is 1. The Morgan fingerprint density at radius 2 is 2.17 bits per heavy atom. The fraction of sp³-hybridized carbons (Fsp3) is 0.647. The summed E-state index contributed by atoms with van der Waals surface area (Å²) < 4.78 is 4.87. The van der Waals surface area contributed by atoms with Crippen molar-refractivity contribution in [1.82, 2.24) is 9.88 Å². The number of likely N-dealkylation sites (tertiary alicyclic amines) is 1. The van der Waals surface area contributed by atoms with Crippen LogP contribution in [0.5, 0.6) is 0 Å². The topological polar surface area (TPSA) is 91.2 Å². The highest BCUT2D eigenvalue weighted by molar-refractivity contribution is 5.72. The Balaban J connectivity index is 1.72. The standard InChI is InChI=1S/C17H23N5O2/c1-24-17(23)13-7-9-22(10-8-13)16(12-5-6-12)15-4-2-3-14(20-15)11-19-21-18/h2-4,12-13,16H,5-11H2,1H3. The highest BCUT2D eigenvalue weighted by Crippen LogP contribution is 2.45. The van der Waals surface area contributed by atoms with Gasteiger partial charge in [-0.15, -0.1) is 0 Å². The van der Waals surface area contributed by atoms with Crippen LogP contribution in [0, 0.1) is 11.8 Å². The summed E-state index contributed by atoms with van der Waals surface area (Å²) in [5, 5.41) is 3.61. The van der Waals surface area contributed by atoms with Crippen LogP contribution in [0.15, 0.2) is 23.3 Å². The molecule has 2 fully saturated rings. The molecule has 0 spiro atoms. The van der Waals surface area contributed by atoms with Gasteiger partial charge in [0, 0.05) is 10.6 Å². The van der Waals surface area contributed by atoms with E-state index in [1.54, 1.807) is 0 Å². The maximum Gasteiger partial charge on any atom is 0.308 e. The lowest BCUT2D eigenvalue weighted by Crippen LogP contribution is -2.40. The third-order valence-electron chi connectivity index (χ3n) is 4.95. The lowest BCUT2D eigenvalue weighted by molar-refractivity contribution is -0.147. The Morgan fingerprint density at radius 3 is 2.79 bits per heavy atom. The molecule has 0 bridgehead atoms. The van der Waals surface area contributed by atoms with E-state index in [0.29, 0.717) is 12.0 Å². The summed E-state index contributed by atoms with van der Waals surface area (Å²) in [6.07, 6.45) is 4.14. The van der Waals surface area contributed by atoms with Crippen molar-refractivity contribution in [2.75, 3.05) is 20.2 Å². The van der Waals surface area contributed by atoms with E-state index in [1.807, 2.05) is 12.1 Å². The number of azide groups is 1. The summed E-state index contributed by atoms with van der Waals surface area (Å²) in [4.78, 5) is 21.7. The number of hydrogen-bond acceptors (Lipinski definition) is 5. The minimum atomic E-state index is -0.0906. The molecule has 1 aromatic heterocycles. The molecule has 1 aliphatic heterocycles. The summed E-state index contributed by atoms with van der Waals surface area (Å²) in [5.41, 5.74) is 10.3. The highest BCUT2D eigenvalue weighted by Gasteiger charge is 2.39. The molecule has 7 nitrogen and oxygen atoms in total. The zero-order valence-electron chi connectivity index (χ0n) is 14.0. The molecule has 1 aromatic rings. The normalized spacial score (nSPS) is 20.2. The second-order valence-electron chi connectivity index (χ2n) is 6.56. The van der Waals surface area contributed by atoms with E-state index in [4.69, 9.17) is 15.3 Å². The number of nitrogens with zero attached hydrogens (tertiary/aromatic N) is 5. The average Bonchev–Trinajstić information content (AvgIpc) is 3.45. The first-order valence-electron chi connectivity index (χ1n) is 8.51. The van der Waals surface area contributed by atoms with Crippen LogP contribution >= 0.6 is 0 Å². The van der Waals surface area contributed by atoms with Crippen molar-refractivity contribution in [3.63, 3.8) is 0 Å². The van der Waals surface area contributed by atoms with Gasteiger partial charge in [-0.05, 0) is 62.4 Å². The average molecular weight is 329 g/mol. The minimum absolute atomic E-state index is 0.0235. The number of esters is 1. The zero-order chi connectivity index (χ0) is 16.9. The summed E-state index contributed by atoms with van der Waals surface area (Å²) in [5.74, 6) is 0.573. The molecular formula is C17H23N5O2. The van der Waals surface area contributed by atoms with Crippen LogP contribution in [-0.4, -0.2) is 36.1 Å². The van der Waals surface area contributed by atoms with Crippen LogP contribution in [0.1, 0.15) is 43.1 Å². The number of carbonyl (C=O) groups is 1. The number of carbonyl (C=O) groups excluding carboxylic acids is 1. The van der Waals surface area contributed by atoms with Crippen molar-refractivity contribution in [1.29, 1.82) is 0 Å². The molecule has 1 saturated carbocycles. The van der Waals surface area contributed by atoms with E-state index in [0.717, 1.165) is 37.3 Å². The number of rotatable bonds is 6. The van der Waals surface area contributed by atoms with Gasteiger partial charge in [0.15, 0.2) is 0 Å². The van der Waals surface area contributed by atoms with Crippen LogP contribution in [0.2, 0.25) is 0 Å². The van der Waals surface area contributed by atoms with Crippen LogP contribution < -0.4 is 0 Å². The SMILES string of the molecule is COC(=O)C1CCN(C(c2cccc(CN=[N+]=[N-])n2)C2CC2)CC1. The largest absolute Gasteiger partial charge is 0.469 e. The molecule has 7 heteroatoms. The predicted molar refractivity (Wildman–Crippen MR) is 88.9 cm³/mol. The molecule has 1 aliphatic carbocycles. The smallest absolute Gasteiger partial charge is 0.308 e. The quantitative estimate of drug-likeness (QED) is 0.347. The second kappa shape index (κ2) is 7.64. The number of hydrogen-bond donors (Lipinski definition) is 0. The van der Waals surface area contributed by atoms with Crippen molar-refractivity contribution in [2.45, 2.75) is 38.3 Å². The number of piperidine rings is 1. The first kappa shape index (κ1) is 16.7. The van der Waals surface area contributed by atoms with Crippen molar-refractivity contribution in [3.05, 3.63) is 40.0 Å². The van der Waals surface area contributed by atoms with Crippen LogP contribution in [0.3, 0.4) is 0 Å². The third-order valence-corrected chi connectivity index (χ3v) is 4.95. The molecular weight excluding hydrogens is 306 g/mol. The van der Waals surface area contributed by atoms with E-state index in [1.165, 1.54) is 20.0 Å². The maximum absolute atomic E-state index is 11.7. The van der Waals surface area contributed by atoms with E-state index >= 15 is 0 Å². The molecule has 0 radical (unpaired) electrons. The van der Waals surface area contributed by atoms with Gasteiger partial charge >= 0.3 is 5.97 Å². The summed E-state index contributed by atoms with van der Waals surface area (Å²) in [6.45, 7) is 2.07. The van der Waals surface area contributed by atoms with Gasteiger partial charge in [0.05, 0.1) is 31.3 Å². The fourth-order valence-corrected chi connectivity index (χ4v) is 3.57. The Morgan fingerprint density at radius 1 is 1.42 bits per heavy atom.